The maximum Gasteiger partial charge on any atom is 0.255 e. The molecule has 0 spiro atoms. The number of nitrogens with one attached hydrogen (secondary N) is 1. The molecule has 2 amide bonds. The first-order valence-corrected chi connectivity index (χ1v) is 8.07. The zero-order valence-corrected chi connectivity index (χ0v) is 13.5. The highest BCUT2D eigenvalue weighted by Crippen LogP contribution is 2.22. The average Bonchev–Trinajstić information content (AvgIpc) is 2.55. The van der Waals surface area contributed by atoms with Gasteiger partial charge in [-0.05, 0) is 25.5 Å². The molecule has 0 bridgehead atoms. The lowest BCUT2D eigenvalue weighted by Crippen LogP contribution is -2.57. The van der Waals surface area contributed by atoms with E-state index in [1.807, 2.05) is 44.2 Å². The third kappa shape index (κ3) is 2.91. The number of rotatable bonds is 3. The van der Waals surface area contributed by atoms with Gasteiger partial charge in [-0.2, -0.15) is 0 Å². The maximum atomic E-state index is 13.1. The first kappa shape index (κ1) is 15.5. The highest BCUT2D eigenvalue weighted by molar-refractivity contribution is 6.07. The Balaban J connectivity index is 2.03. The van der Waals surface area contributed by atoms with Gasteiger partial charge in [0.05, 0.1) is 11.1 Å². The van der Waals surface area contributed by atoms with Crippen LogP contribution >= 0.6 is 0 Å². The Morgan fingerprint density at radius 2 is 2.17 bits per heavy atom. The Kier molecular flexibility index (Phi) is 4.28. The Morgan fingerprint density at radius 1 is 1.39 bits per heavy atom. The topological polar surface area (TPSA) is 62.3 Å². The quantitative estimate of drug-likeness (QED) is 0.946. The first-order chi connectivity index (χ1) is 11.1. The fourth-order valence-electron chi connectivity index (χ4n) is 3.16. The maximum absolute atomic E-state index is 13.1. The van der Waals surface area contributed by atoms with E-state index in [1.54, 1.807) is 4.90 Å². The first-order valence-electron chi connectivity index (χ1n) is 8.07. The van der Waals surface area contributed by atoms with Crippen molar-refractivity contribution in [3.8, 4) is 0 Å². The lowest BCUT2D eigenvalue weighted by Gasteiger charge is -2.35. The van der Waals surface area contributed by atoms with Gasteiger partial charge in [0.25, 0.3) is 5.91 Å². The Bertz CT molecular complexity index is 757. The number of carbonyl (C=O) groups excluding carboxylic acids is 2. The van der Waals surface area contributed by atoms with Crippen molar-refractivity contribution >= 4 is 22.7 Å². The van der Waals surface area contributed by atoms with Crippen molar-refractivity contribution in [3.63, 3.8) is 0 Å². The van der Waals surface area contributed by atoms with E-state index >= 15 is 0 Å². The van der Waals surface area contributed by atoms with E-state index in [4.69, 9.17) is 0 Å². The lowest BCUT2D eigenvalue weighted by molar-refractivity contribution is -0.128. The zero-order chi connectivity index (χ0) is 16.4. The van der Waals surface area contributed by atoms with Crippen molar-refractivity contribution in [2.45, 2.75) is 32.7 Å². The summed E-state index contributed by atoms with van der Waals surface area (Å²) in [7, 11) is 0. The molecule has 1 unspecified atom stereocenters. The number of fused-ring (bicyclic) bond motifs is 1. The van der Waals surface area contributed by atoms with Gasteiger partial charge in [0.1, 0.15) is 6.04 Å². The second-order valence-electron chi connectivity index (χ2n) is 5.92. The number of pyridine rings is 1. The molecular formula is C18H21N3O2. The number of aromatic nitrogens is 1. The number of para-hydroxylation sites is 1. The standard InChI is InChI=1S/C18H21N3O2/c1-3-6-16-17(22)19-9-10-21(16)18(23)14-11-12(2)20-15-8-5-4-7-13(14)15/h4-5,7-8,11,16H,3,6,9-10H2,1-2H3,(H,19,22). The summed E-state index contributed by atoms with van der Waals surface area (Å²) in [6.45, 7) is 4.96. The third-order valence-corrected chi connectivity index (χ3v) is 4.23. The van der Waals surface area contributed by atoms with Crippen LogP contribution in [0.4, 0.5) is 0 Å². The molecule has 1 aromatic carbocycles. The van der Waals surface area contributed by atoms with Gasteiger partial charge in [-0.15, -0.1) is 0 Å². The molecule has 1 aliphatic heterocycles. The van der Waals surface area contributed by atoms with Gasteiger partial charge in [-0.3, -0.25) is 14.6 Å². The molecular weight excluding hydrogens is 290 g/mol. The molecule has 1 fully saturated rings. The molecule has 5 nitrogen and oxygen atoms in total. The number of piperazine rings is 1. The monoisotopic (exact) mass is 311 g/mol. The highest BCUT2D eigenvalue weighted by atomic mass is 16.2. The van der Waals surface area contributed by atoms with Crippen LogP contribution in [-0.2, 0) is 4.79 Å². The molecule has 120 valence electrons. The molecule has 0 radical (unpaired) electrons. The van der Waals surface area contributed by atoms with Gasteiger partial charge in [-0.25, -0.2) is 0 Å². The van der Waals surface area contributed by atoms with Gasteiger partial charge in [0.2, 0.25) is 5.91 Å². The lowest BCUT2D eigenvalue weighted by atomic mass is 10.0. The number of hydrogen-bond donors (Lipinski definition) is 1. The number of hydrogen-bond acceptors (Lipinski definition) is 3. The van der Waals surface area contributed by atoms with E-state index in [0.29, 0.717) is 25.1 Å². The predicted octanol–water partition coefficient (Wildman–Crippen LogP) is 2.28. The smallest absolute Gasteiger partial charge is 0.255 e. The van der Waals surface area contributed by atoms with Crippen molar-refractivity contribution in [1.82, 2.24) is 15.2 Å². The molecule has 1 atom stereocenters. The largest absolute Gasteiger partial charge is 0.353 e. The summed E-state index contributed by atoms with van der Waals surface area (Å²) in [5.74, 6) is -0.137. The minimum absolute atomic E-state index is 0.0541. The van der Waals surface area contributed by atoms with E-state index in [9.17, 15) is 9.59 Å². The van der Waals surface area contributed by atoms with Crippen molar-refractivity contribution < 1.29 is 9.59 Å². The molecule has 1 saturated heterocycles. The summed E-state index contributed by atoms with van der Waals surface area (Å²) in [6.07, 6.45) is 1.54. The Hall–Kier alpha value is -2.43. The third-order valence-electron chi connectivity index (χ3n) is 4.23. The summed E-state index contributed by atoms with van der Waals surface area (Å²) < 4.78 is 0. The molecule has 1 aromatic heterocycles. The van der Waals surface area contributed by atoms with E-state index in [-0.39, 0.29) is 17.9 Å². The van der Waals surface area contributed by atoms with Crippen LogP contribution in [0, 0.1) is 6.92 Å². The summed E-state index contributed by atoms with van der Waals surface area (Å²) >= 11 is 0. The van der Waals surface area contributed by atoms with Crippen LogP contribution in [-0.4, -0.2) is 40.8 Å². The molecule has 3 rings (SSSR count). The van der Waals surface area contributed by atoms with E-state index in [0.717, 1.165) is 23.0 Å². The summed E-state index contributed by atoms with van der Waals surface area (Å²) in [6, 6.07) is 9.08. The fraction of sp³-hybridized carbons (Fsp3) is 0.389. The van der Waals surface area contributed by atoms with Gasteiger partial charge in [0, 0.05) is 24.2 Å². The highest BCUT2D eigenvalue weighted by Gasteiger charge is 2.33. The second-order valence-corrected chi connectivity index (χ2v) is 5.92. The van der Waals surface area contributed by atoms with Crippen molar-refractivity contribution in [3.05, 3.63) is 41.6 Å². The van der Waals surface area contributed by atoms with E-state index < -0.39 is 0 Å². The Labute approximate surface area is 135 Å². The Morgan fingerprint density at radius 3 is 2.96 bits per heavy atom. The summed E-state index contributed by atoms with van der Waals surface area (Å²) in [5.41, 5.74) is 2.24. The number of carbonyl (C=O) groups is 2. The van der Waals surface area contributed by atoms with Gasteiger partial charge < -0.3 is 10.2 Å². The van der Waals surface area contributed by atoms with Crippen LogP contribution in [0.25, 0.3) is 10.9 Å². The van der Waals surface area contributed by atoms with Crippen LogP contribution in [0.15, 0.2) is 30.3 Å². The summed E-state index contributed by atoms with van der Waals surface area (Å²) in [5, 5.41) is 3.69. The molecule has 2 aromatic rings. The SMILES string of the molecule is CCCC1C(=O)NCCN1C(=O)c1cc(C)nc2ccccc12. The second kappa shape index (κ2) is 6.36. The average molecular weight is 311 g/mol. The fourth-order valence-corrected chi connectivity index (χ4v) is 3.16. The normalized spacial score (nSPS) is 18.1. The number of benzene rings is 1. The van der Waals surface area contributed by atoms with E-state index in [1.165, 1.54) is 0 Å². The zero-order valence-electron chi connectivity index (χ0n) is 13.5. The van der Waals surface area contributed by atoms with Crippen LogP contribution < -0.4 is 5.32 Å². The van der Waals surface area contributed by atoms with Crippen molar-refractivity contribution in [2.75, 3.05) is 13.1 Å². The van der Waals surface area contributed by atoms with E-state index in [2.05, 4.69) is 10.3 Å². The van der Waals surface area contributed by atoms with Crippen molar-refractivity contribution in [2.24, 2.45) is 0 Å². The van der Waals surface area contributed by atoms with Crippen LogP contribution in [0.2, 0.25) is 0 Å². The van der Waals surface area contributed by atoms with Crippen LogP contribution in [0.3, 0.4) is 0 Å². The number of amides is 2. The van der Waals surface area contributed by atoms with Gasteiger partial charge in [0.15, 0.2) is 0 Å². The van der Waals surface area contributed by atoms with Crippen LogP contribution in [0.5, 0.6) is 0 Å². The number of nitrogens with zero attached hydrogens (tertiary/aromatic N) is 2. The molecule has 2 heterocycles. The molecule has 0 saturated carbocycles. The van der Waals surface area contributed by atoms with Gasteiger partial charge in [-0.1, -0.05) is 31.5 Å². The molecule has 0 aliphatic carbocycles. The predicted molar refractivity (Wildman–Crippen MR) is 89.2 cm³/mol. The molecule has 1 aliphatic rings. The van der Waals surface area contributed by atoms with Gasteiger partial charge >= 0.3 is 0 Å². The van der Waals surface area contributed by atoms with Crippen LogP contribution in [0.1, 0.15) is 35.8 Å². The number of aryl methyl sites for hydroxylation is 1. The summed E-state index contributed by atoms with van der Waals surface area (Å²) in [4.78, 5) is 31.5. The van der Waals surface area contributed by atoms with Crippen molar-refractivity contribution in [1.29, 1.82) is 0 Å². The minimum Gasteiger partial charge on any atom is -0.353 e. The molecule has 1 N–H and O–H groups in total. The molecule has 23 heavy (non-hydrogen) atoms. The molecule has 5 heteroatoms. The minimum atomic E-state index is -0.381.